The molecule has 26 heavy (non-hydrogen) atoms. The normalized spacial score (nSPS) is 13.3. The fourth-order valence-corrected chi connectivity index (χ4v) is 3.59. The maximum atomic E-state index is 13.7. The van der Waals surface area contributed by atoms with Gasteiger partial charge in [0, 0.05) is 23.9 Å². The Labute approximate surface area is 154 Å². The van der Waals surface area contributed by atoms with Gasteiger partial charge in [-0.05, 0) is 26.0 Å². The Hall–Kier alpha value is -2.68. The Balaban J connectivity index is 1.63. The number of urea groups is 2. The summed E-state index contributed by atoms with van der Waals surface area (Å²) < 4.78 is 13.7. The van der Waals surface area contributed by atoms with Crippen LogP contribution in [-0.2, 0) is 13.0 Å². The molecule has 2 heterocycles. The minimum absolute atomic E-state index is 0.0298. The summed E-state index contributed by atoms with van der Waals surface area (Å²) in [6, 6.07) is 5.41. The third-order valence-corrected chi connectivity index (χ3v) is 4.77. The number of hydrogen-bond acceptors (Lipinski definition) is 4. The molecular formula is C17H20FN5O2S. The van der Waals surface area contributed by atoms with Gasteiger partial charge in [0.25, 0.3) is 0 Å². The van der Waals surface area contributed by atoms with Gasteiger partial charge >= 0.3 is 12.1 Å². The standard InChI is InChI=1S/C17H20FN5O2S/c1-10(2)19-15(24)22-16-20-13-7-8-23(9-14(13)26-16)17(25)21-12-6-4-3-5-11(12)18/h3-6,10H,7-9H2,1-2H3,(H,21,25)(H2,19,20,22,24). The van der Waals surface area contributed by atoms with Gasteiger partial charge in [0.2, 0.25) is 0 Å². The molecule has 1 aromatic heterocycles. The third kappa shape index (κ3) is 4.29. The minimum atomic E-state index is -0.473. The lowest BCUT2D eigenvalue weighted by atomic mass is 10.2. The third-order valence-electron chi connectivity index (χ3n) is 3.77. The highest BCUT2D eigenvalue weighted by Gasteiger charge is 2.25. The highest BCUT2D eigenvalue weighted by molar-refractivity contribution is 7.15. The smallest absolute Gasteiger partial charge is 0.322 e. The van der Waals surface area contributed by atoms with Crippen molar-refractivity contribution in [1.29, 1.82) is 0 Å². The number of amides is 4. The topological polar surface area (TPSA) is 86.4 Å². The summed E-state index contributed by atoms with van der Waals surface area (Å²) in [7, 11) is 0. The molecule has 0 saturated carbocycles. The first-order chi connectivity index (χ1) is 12.4. The molecule has 3 N–H and O–H groups in total. The van der Waals surface area contributed by atoms with Crippen LogP contribution < -0.4 is 16.0 Å². The number of hydrogen-bond donors (Lipinski definition) is 3. The van der Waals surface area contributed by atoms with E-state index in [4.69, 9.17) is 0 Å². The van der Waals surface area contributed by atoms with Gasteiger partial charge in [0.15, 0.2) is 5.13 Å². The van der Waals surface area contributed by atoms with Crippen molar-refractivity contribution >= 4 is 34.2 Å². The van der Waals surface area contributed by atoms with Crippen molar-refractivity contribution < 1.29 is 14.0 Å². The van der Waals surface area contributed by atoms with Crippen LogP contribution in [-0.4, -0.2) is 34.5 Å². The minimum Gasteiger partial charge on any atom is -0.336 e. The number of benzene rings is 1. The van der Waals surface area contributed by atoms with Crippen molar-refractivity contribution in [2.24, 2.45) is 0 Å². The van der Waals surface area contributed by atoms with Gasteiger partial charge in [-0.15, -0.1) is 0 Å². The number of nitrogens with zero attached hydrogens (tertiary/aromatic N) is 2. The average molecular weight is 377 g/mol. The number of fused-ring (bicyclic) bond motifs is 1. The van der Waals surface area contributed by atoms with Gasteiger partial charge in [-0.2, -0.15) is 0 Å². The largest absolute Gasteiger partial charge is 0.336 e. The number of thiazole rings is 1. The number of para-hydroxylation sites is 1. The number of nitrogens with one attached hydrogen (secondary N) is 3. The van der Waals surface area contributed by atoms with E-state index >= 15 is 0 Å². The van der Waals surface area contributed by atoms with Gasteiger partial charge in [0.1, 0.15) is 5.82 Å². The number of carbonyl (C=O) groups is 2. The van der Waals surface area contributed by atoms with Gasteiger partial charge in [-0.3, -0.25) is 5.32 Å². The summed E-state index contributed by atoms with van der Waals surface area (Å²) in [5, 5.41) is 8.54. The molecule has 1 aliphatic heterocycles. The summed E-state index contributed by atoms with van der Waals surface area (Å²) in [5.41, 5.74) is 1.03. The molecule has 7 nitrogen and oxygen atoms in total. The molecule has 0 radical (unpaired) electrons. The average Bonchev–Trinajstić information content (AvgIpc) is 2.97. The first-order valence-corrected chi connectivity index (χ1v) is 9.10. The van der Waals surface area contributed by atoms with Crippen molar-refractivity contribution in [2.75, 3.05) is 17.2 Å². The number of halogens is 1. The van der Waals surface area contributed by atoms with Crippen molar-refractivity contribution in [3.05, 3.63) is 40.7 Å². The van der Waals surface area contributed by atoms with E-state index in [-0.39, 0.29) is 23.8 Å². The van der Waals surface area contributed by atoms with Crippen LogP contribution in [0, 0.1) is 5.82 Å². The van der Waals surface area contributed by atoms with E-state index < -0.39 is 5.82 Å². The lowest BCUT2D eigenvalue weighted by Crippen LogP contribution is -2.38. The van der Waals surface area contributed by atoms with Crippen LogP contribution in [0.5, 0.6) is 0 Å². The predicted octanol–water partition coefficient (Wildman–Crippen LogP) is 3.40. The van der Waals surface area contributed by atoms with E-state index in [1.54, 1.807) is 17.0 Å². The summed E-state index contributed by atoms with van der Waals surface area (Å²) in [4.78, 5) is 31.1. The van der Waals surface area contributed by atoms with Crippen LogP contribution in [0.25, 0.3) is 0 Å². The zero-order chi connectivity index (χ0) is 18.7. The van der Waals surface area contributed by atoms with Crippen molar-refractivity contribution in [3.63, 3.8) is 0 Å². The molecule has 0 aliphatic carbocycles. The van der Waals surface area contributed by atoms with E-state index in [1.807, 2.05) is 13.8 Å². The number of anilines is 2. The second kappa shape index (κ2) is 7.69. The Kier molecular flexibility index (Phi) is 5.36. The summed E-state index contributed by atoms with van der Waals surface area (Å²) in [5.74, 6) is -0.473. The molecule has 0 spiro atoms. The van der Waals surface area contributed by atoms with Crippen LogP contribution in [0.4, 0.5) is 24.8 Å². The van der Waals surface area contributed by atoms with E-state index in [1.165, 1.54) is 23.5 Å². The van der Waals surface area contributed by atoms with Crippen molar-refractivity contribution in [3.8, 4) is 0 Å². The Morgan fingerprint density at radius 2 is 2.04 bits per heavy atom. The summed E-state index contributed by atoms with van der Waals surface area (Å²) >= 11 is 1.34. The van der Waals surface area contributed by atoms with Crippen molar-refractivity contribution in [1.82, 2.24) is 15.2 Å². The van der Waals surface area contributed by atoms with Gasteiger partial charge in [-0.1, -0.05) is 23.5 Å². The first-order valence-electron chi connectivity index (χ1n) is 8.29. The fourth-order valence-electron chi connectivity index (χ4n) is 2.57. The van der Waals surface area contributed by atoms with Crippen molar-refractivity contribution in [2.45, 2.75) is 32.9 Å². The second-order valence-corrected chi connectivity index (χ2v) is 7.31. The monoisotopic (exact) mass is 377 g/mol. The maximum absolute atomic E-state index is 13.7. The zero-order valence-electron chi connectivity index (χ0n) is 14.5. The van der Waals surface area contributed by atoms with E-state index in [2.05, 4.69) is 20.9 Å². The Morgan fingerprint density at radius 3 is 2.77 bits per heavy atom. The highest BCUT2D eigenvalue weighted by Crippen LogP contribution is 2.28. The van der Waals surface area contributed by atoms with Crippen LogP contribution in [0.2, 0.25) is 0 Å². The number of carbonyl (C=O) groups excluding carboxylic acids is 2. The van der Waals surface area contributed by atoms with Crippen LogP contribution in [0.3, 0.4) is 0 Å². The first kappa shape index (κ1) is 18.1. The molecule has 0 saturated heterocycles. The molecule has 2 aromatic rings. The van der Waals surface area contributed by atoms with Gasteiger partial charge in [0.05, 0.1) is 17.9 Å². The number of rotatable bonds is 3. The fraction of sp³-hybridized carbons (Fsp3) is 0.353. The quantitative estimate of drug-likeness (QED) is 0.766. The lowest BCUT2D eigenvalue weighted by Gasteiger charge is -2.26. The van der Waals surface area contributed by atoms with Gasteiger partial charge < -0.3 is 15.5 Å². The molecule has 0 atom stereocenters. The molecule has 138 valence electrons. The predicted molar refractivity (Wildman–Crippen MR) is 98.9 cm³/mol. The summed E-state index contributed by atoms with van der Waals surface area (Å²) in [6.07, 6.45) is 0.587. The molecule has 4 amide bonds. The zero-order valence-corrected chi connectivity index (χ0v) is 15.3. The molecule has 0 bridgehead atoms. The van der Waals surface area contributed by atoms with Crippen LogP contribution >= 0.6 is 11.3 Å². The number of aromatic nitrogens is 1. The van der Waals surface area contributed by atoms with E-state index in [9.17, 15) is 14.0 Å². The van der Waals surface area contributed by atoms with E-state index in [0.717, 1.165) is 10.6 Å². The molecule has 0 unspecified atom stereocenters. The Bertz CT molecular complexity index is 823. The molecular weight excluding hydrogens is 357 g/mol. The molecule has 0 fully saturated rings. The Morgan fingerprint density at radius 1 is 1.27 bits per heavy atom. The van der Waals surface area contributed by atoms with Gasteiger partial charge in [-0.25, -0.2) is 19.0 Å². The SMILES string of the molecule is CC(C)NC(=O)Nc1nc2c(s1)CN(C(=O)Nc1ccccc1F)CC2. The molecule has 1 aromatic carbocycles. The molecule has 9 heteroatoms. The molecule has 3 rings (SSSR count). The molecule has 1 aliphatic rings. The van der Waals surface area contributed by atoms with E-state index in [0.29, 0.717) is 24.6 Å². The highest BCUT2D eigenvalue weighted by atomic mass is 32.1. The summed E-state index contributed by atoms with van der Waals surface area (Å²) in [6.45, 7) is 4.60. The second-order valence-electron chi connectivity index (χ2n) is 6.22. The maximum Gasteiger partial charge on any atom is 0.322 e. The van der Waals surface area contributed by atoms with Crippen LogP contribution in [0.1, 0.15) is 24.4 Å². The lowest BCUT2D eigenvalue weighted by molar-refractivity contribution is 0.206. The van der Waals surface area contributed by atoms with Crippen LogP contribution in [0.15, 0.2) is 24.3 Å².